The fraction of sp³-hybridized carbons (Fsp3) is 0.500. The van der Waals surface area contributed by atoms with Crippen molar-refractivity contribution < 1.29 is 9.13 Å². The number of ether oxygens (including phenoxy) is 1. The molecule has 0 radical (unpaired) electrons. The summed E-state index contributed by atoms with van der Waals surface area (Å²) in [7, 11) is 1.78. The Morgan fingerprint density at radius 2 is 1.62 bits per heavy atom. The van der Waals surface area contributed by atoms with E-state index in [1.54, 1.807) is 19.2 Å². The lowest BCUT2D eigenvalue weighted by Gasteiger charge is -2.39. The largest absolute Gasteiger partial charge is 0.496 e. The summed E-state index contributed by atoms with van der Waals surface area (Å²) in [5.74, 6) is 2.04. The van der Waals surface area contributed by atoms with E-state index in [9.17, 15) is 4.39 Å². The Balaban J connectivity index is 1.10. The average molecular weight is 504 g/mol. The molecule has 4 nitrogen and oxygen atoms in total. The van der Waals surface area contributed by atoms with E-state index in [1.165, 1.54) is 47.6 Å². The number of halogens is 1. The quantitative estimate of drug-likeness (QED) is 0.359. The van der Waals surface area contributed by atoms with Gasteiger partial charge in [0.05, 0.1) is 7.11 Å². The molecule has 0 aromatic heterocycles. The minimum absolute atomic E-state index is 0.139. The van der Waals surface area contributed by atoms with Crippen LogP contribution in [-0.2, 0) is 6.42 Å². The molecule has 198 valence electrons. The molecule has 0 aliphatic carbocycles. The van der Waals surface area contributed by atoms with Gasteiger partial charge >= 0.3 is 0 Å². The smallest absolute Gasteiger partial charge is 0.123 e. The number of unbranched alkanes of at least 4 members (excludes halogenated alkanes) is 1. The van der Waals surface area contributed by atoms with Gasteiger partial charge in [0.25, 0.3) is 0 Å². The number of hydrogen-bond acceptors (Lipinski definition) is 4. The summed E-state index contributed by atoms with van der Waals surface area (Å²) in [6.45, 7) is 8.97. The molecule has 1 N–H and O–H groups in total. The van der Waals surface area contributed by atoms with Gasteiger partial charge in [-0.3, -0.25) is 0 Å². The highest BCUT2D eigenvalue weighted by molar-refractivity contribution is 5.87. The number of nitrogens with one attached hydrogen (secondary N) is 1. The topological polar surface area (TPSA) is 27.7 Å². The number of nitrogens with zero attached hydrogens (tertiary/aromatic N) is 2. The van der Waals surface area contributed by atoms with E-state index in [2.05, 4.69) is 51.5 Å². The second-order valence-electron chi connectivity index (χ2n) is 10.8. The zero-order valence-electron chi connectivity index (χ0n) is 22.3. The van der Waals surface area contributed by atoms with Crippen LogP contribution in [0.25, 0.3) is 10.8 Å². The lowest BCUT2D eigenvalue weighted by atomic mass is 9.80. The fourth-order valence-electron chi connectivity index (χ4n) is 6.36. The van der Waals surface area contributed by atoms with Crippen LogP contribution in [0.5, 0.6) is 5.75 Å². The van der Waals surface area contributed by atoms with Gasteiger partial charge in [0.1, 0.15) is 11.6 Å². The van der Waals surface area contributed by atoms with Crippen molar-refractivity contribution in [1.29, 1.82) is 0 Å². The van der Waals surface area contributed by atoms with Crippen molar-refractivity contribution >= 4 is 10.8 Å². The molecular formula is C32H42FN3O. The summed E-state index contributed by atoms with van der Waals surface area (Å²) in [5, 5.41) is 6.11. The zero-order valence-corrected chi connectivity index (χ0v) is 22.3. The normalized spacial score (nSPS) is 18.8. The van der Waals surface area contributed by atoms with E-state index >= 15 is 0 Å². The maximum Gasteiger partial charge on any atom is 0.123 e. The first-order valence-electron chi connectivity index (χ1n) is 14.2. The minimum atomic E-state index is -0.139. The third kappa shape index (κ3) is 6.70. The highest BCUT2D eigenvalue weighted by atomic mass is 19.1. The molecule has 2 aliphatic heterocycles. The number of benzene rings is 3. The molecule has 2 fully saturated rings. The van der Waals surface area contributed by atoms with E-state index in [1.807, 2.05) is 12.1 Å². The van der Waals surface area contributed by atoms with Crippen molar-refractivity contribution in [3.05, 3.63) is 77.6 Å². The van der Waals surface area contributed by atoms with Gasteiger partial charge in [-0.25, -0.2) is 4.39 Å². The van der Waals surface area contributed by atoms with Crippen LogP contribution >= 0.6 is 0 Å². The Morgan fingerprint density at radius 3 is 2.38 bits per heavy atom. The van der Waals surface area contributed by atoms with Crippen LogP contribution < -0.4 is 10.1 Å². The molecule has 0 spiro atoms. The van der Waals surface area contributed by atoms with E-state index in [0.29, 0.717) is 11.8 Å². The third-order valence-corrected chi connectivity index (χ3v) is 8.54. The van der Waals surface area contributed by atoms with Crippen LogP contribution in [0.3, 0.4) is 0 Å². The Kier molecular flexibility index (Phi) is 9.09. The maximum absolute atomic E-state index is 13.6. The van der Waals surface area contributed by atoms with E-state index in [4.69, 9.17) is 4.74 Å². The number of piperidine rings is 1. The van der Waals surface area contributed by atoms with Gasteiger partial charge in [0.15, 0.2) is 0 Å². The van der Waals surface area contributed by atoms with E-state index in [0.717, 1.165) is 64.5 Å². The Hall–Kier alpha value is -2.47. The van der Waals surface area contributed by atoms with Gasteiger partial charge in [-0.05, 0) is 98.1 Å². The zero-order chi connectivity index (χ0) is 25.5. The second-order valence-corrected chi connectivity index (χ2v) is 10.8. The van der Waals surface area contributed by atoms with Crippen molar-refractivity contribution in [1.82, 2.24) is 15.1 Å². The summed E-state index contributed by atoms with van der Waals surface area (Å²) in [4.78, 5) is 5.28. The van der Waals surface area contributed by atoms with E-state index in [-0.39, 0.29) is 5.82 Å². The van der Waals surface area contributed by atoms with Crippen LogP contribution in [0.15, 0.2) is 60.7 Å². The SMILES string of the molecule is COc1ccc2ccccc2c1CCCCN1CCN(CC(c2ccc(F)cc2)C2CCNCC2)CC1. The molecular weight excluding hydrogens is 461 g/mol. The average Bonchev–Trinajstić information content (AvgIpc) is 2.95. The Bertz CT molecular complexity index is 1120. The molecule has 2 aliphatic rings. The monoisotopic (exact) mass is 503 g/mol. The number of rotatable bonds is 10. The molecule has 2 heterocycles. The number of piperazine rings is 1. The van der Waals surface area contributed by atoms with Crippen molar-refractivity contribution in [3.63, 3.8) is 0 Å². The number of hydrogen-bond donors (Lipinski definition) is 1. The number of aryl methyl sites for hydroxylation is 1. The van der Waals surface area contributed by atoms with Gasteiger partial charge in [0.2, 0.25) is 0 Å². The summed E-state index contributed by atoms with van der Waals surface area (Å²) in [6.07, 6.45) is 5.86. The van der Waals surface area contributed by atoms with Gasteiger partial charge in [-0.2, -0.15) is 0 Å². The molecule has 1 atom stereocenters. The summed E-state index contributed by atoms with van der Waals surface area (Å²) in [6, 6.07) is 20.2. The summed E-state index contributed by atoms with van der Waals surface area (Å²) < 4.78 is 19.3. The molecule has 0 amide bonds. The fourth-order valence-corrected chi connectivity index (χ4v) is 6.36. The summed E-state index contributed by atoms with van der Waals surface area (Å²) in [5.41, 5.74) is 2.65. The lowest BCUT2D eigenvalue weighted by Crippen LogP contribution is -2.48. The molecule has 1 unspecified atom stereocenters. The first-order chi connectivity index (χ1) is 18.2. The molecule has 5 heteroatoms. The lowest BCUT2D eigenvalue weighted by molar-refractivity contribution is 0.114. The van der Waals surface area contributed by atoms with Crippen molar-refractivity contribution in [2.45, 2.75) is 38.0 Å². The minimum Gasteiger partial charge on any atom is -0.496 e. The summed E-state index contributed by atoms with van der Waals surface area (Å²) >= 11 is 0. The predicted octanol–water partition coefficient (Wildman–Crippen LogP) is 5.71. The molecule has 3 aromatic rings. The molecule has 2 saturated heterocycles. The maximum atomic E-state index is 13.6. The molecule has 0 bridgehead atoms. The van der Waals surface area contributed by atoms with Crippen LogP contribution in [-0.4, -0.2) is 69.3 Å². The van der Waals surface area contributed by atoms with Crippen molar-refractivity contribution in [2.24, 2.45) is 5.92 Å². The highest BCUT2D eigenvalue weighted by Crippen LogP contribution is 2.33. The number of fused-ring (bicyclic) bond motifs is 1. The van der Waals surface area contributed by atoms with Crippen LogP contribution in [0.1, 0.15) is 42.7 Å². The van der Waals surface area contributed by atoms with Crippen LogP contribution in [0, 0.1) is 11.7 Å². The van der Waals surface area contributed by atoms with Crippen LogP contribution in [0.4, 0.5) is 4.39 Å². The first-order valence-corrected chi connectivity index (χ1v) is 14.2. The van der Waals surface area contributed by atoms with E-state index < -0.39 is 0 Å². The van der Waals surface area contributed by atoms with Gasteiger partial charge in [-0.15, -0.1) is 0 Å². The second kappa shape index (κ2) is 12.9. The predicted molar refractivity (Wildman–Crippen MR) is 151 cm³/mol. The van der Waals surface area contributed by atoms with Crippen molar-refractivity contribution in [3.8, 4) is 5.75 Å². The number of methoxy groups -OCH3 is 1. The van der Waals surface area contributed by atoms with Crippen molar-refractivity contribution in [2.75, 3.05) is 59.5 Å². The van der Waals surface area contributed by atoms with Gasteiger partial charge < -0.3 is 19.9 Å². The first kappa shape index (κ1) is 26.1. The standard InChI is InChI=1S/C32H42FN3O/c1-37-32-14-11-25-6-2-3-7-29(25)30(32)8-4-5-19-35-20-22-36(23-21-35)24-31(27-15-17-34-18-16-27)26-9-12-28(33)13-10-26/h2-3,6-7,9-14,27,31,34H,4-5,8,15-24H2,1H3. The van der Waals surface area contributed by atoms with Crippen LogP contribution in [0.2, 0.25) is 0 Å². The molecule has 3 aromatic carbocycles. The Labute approximate surface area is 221 Å². The Morgan fingerprint density at radius 1 is 0.892 bits per heavy atom. The molecule has 5 rings (SSSR count). The third-order valence-electron chi connectivity index (χ3n) is 8.54. The molecule has 0 saturated carbocycles. The van der Waals surface area contributed by atoms with Gasteiger partial charge in [-0.1, -0.05) is 42.5 Å². The molecule has 37 heavy (non-hydrogen) atoms. The highest BCUT2D eigenvalue weighted by Gasteiger charge is 2.28. The van der Waals surface area contributed by atoms with Gasteiger partial charge in [0, 0.05) is 38.3 Å².